The van der Waals surface area contributed by atoms with E-state index in [0.29, 0.717) is 17.1 Å². The molecule has 1 atom stereocenters. The molecule has 1 amide bonds. The van der Waals surface area contributed by atoms with Gasteiger partial charge < -0.3 is 10.1 Å². The maximum absolute atomic E-state index is 13.4. The molecular weight excluding hydrogens is 382 g/mol. The van der Waals surface area contributed by atoms with Crippen LogP contribution in [-0.2, 0) is 14.8 Å². The summed E-state index contributed by atoms with van der Waals surface area (Å²) in [5.74, 6) is -0.282. The van der Waals surface area contributed by atoms with Crippen LogP contribution in [0.25, 0.3) is 0 Å². The van der Waals surface area contributed by atoms with Gasteiger partial charge in [-0.15, -0.1) is 0 Å². The highest BCUT2D eigenvalue weighted by Gasteiger charge is 2.40. The number of anilines is 2. The maximum Gasteiger partial charge on any atom is 0.269 e. The Kier molecular flexibility index (Phi) is 5.22. The third-order valence-corrected chi connectivity index (χ3v) is 5.96. The number of sulfonamides is 1. The van der Waals surface area contributed by atoms with Gasteiger partial charge in [-0.2, -0.15) is 0 Å². The summed E-state index contributed by atoms with van der Waals surface area (Å²) in [4.78, 5) is 12.2. The Balaban J connectivity index is 2.03. The number of hydrogen-bond donors (Lipinski definition) is 3. The monoisotopic (exact) mass is 405 g/mol. The molecule has 150 valence electrons. The summed E-state index contributed by atoms with van der Waals surface area (Å²) in [5.41, 5.74) is 2.05. The molecule has 2 aromatic carbocycles. The lowest BCUT2D eigenvalue weighted by Crippen LogP contribution is -2.54. The second-order valence-corrected chi connectivity index (χ2v) is 9.19. The Hall–Kier alpha value is -2.78. The molecular formula is C19H23N3O5S. The van der Waals surface area contributed by atoms with Gasteiger partial charge in [-0.1, -0.05) is 12.1 Å². The van der Waals surface area contributed by atoms with Crippen molar-refractivity contribution in [2.45, 2.75) is 37.3 Å². The number of carbonyl (C=O) groups excluding carboxylic acids is 1. The van der Waals surface area contributed by atoms with Gasteiger partial charge in [0.1, 0.15) is 17.4 Å². The van der Waals surface area contributed by atoms with Crippen LogP contribution in [-0.4, -0.2) is 37.7 Å². The average molecular weight is 405 g/mol. The SMILES string of the molecule is CC(C)(C)Oc1ccc(S(=O)(=O)N2c3ccccc3NCC2C(=O)NO)cc1. The highest BCUT2D eigenvalue weighted by molar-refractivity contribution is 7.93. The Morgan fingerprint density at radius 3 is 2.43 bits per heavy atom. The second-order valence-electron chi connectivity index (χ2n) is 7.38. The number of hydrogen-bond acceptors (Lipinski definition) is 6. The molecule has 0 fully saturated rings. The molecule has 0 radical (unpaired) electrons. The predicted molar refractivity (Wildman–Crippen MR) is 105 cm³/mol. The van der Waals surface area contributed by atoms with Crippen LogP contribution in [0.15, 0.2) is 53.4 Å². The fourth-order valence-electron chi connectivity index (χ4n) is 2.99. The fraction of sp³-hybridized carbons (Fsp3) is 0.316. The summed E-state index contributed by atoms with van der Waals surface area (Å²) in [6, 6.07) is 11.7. The summed E-state index contributed by atoms with van der Waals surface area (Å²) in [6.45, 7) is 5.71. The minimum Gasteiger partial charge on any atom is -0.488 e. The smallest absolute Gasteiger partial charge is 0.269 e. The Bertz CT molecular complexity index is 968. The van der Waals surface area contributed by atoms with Gasteiger partial charge in [0.2, 0.25) is 0 Å². The molecule has 0 spiro atoms. The number of rotatable bonds is 4. The van der Waals surface area contributed by atoms with Gasteiger partial charge in [-0.3, -0.25) is 10.0 Å². The first-order valence-corrected chi connectivity index (χ1v) is 10.2. The molecule has 1 unspecified atom stereocenters. The van der Waals surface area contributed by atoms with Crippen molar-refractivity contribution in [3.8, 4) is 5.75 Å². The lowest BCUT2D eigenvalue weighted by molar-refractivity contribution is -0.130. The van der Waals surface area contributed by atoms with Crippen LogP contribution < -0.4 is 19.8 Å². The van der Waals surface area contributed by atoms with Crippen LogP contribution in [0, 0.1) is 0 Å². The van der Waals surface area contributed by atoms with Crippen molar-refractivity contribution < 1.29 is 23.2 Å². The van der Waals surface area contributed by atoms with Crippen molar-refractivity contribution in [1.82, 2.24) is 5.48 Å². The molecule has 1 aliphatic heterocycles. The van der Waals surface area contributed by atoms with Crippen molar-refractivity contribution in [2.75, 3.05) is 16.2 Å². The van der Waals surface area contributed by atoms with Gasteiger partial charge in [0.25, 0.3) is 15.9 Å². The number of nitrogens with one attached hydrogen (secondary N) is 2. The van der Waals surface area contributed by atoms with Crippen molar-refractivity contribution in [3.63, 3.8) is 0 Å². The molecule has 0 aromatic heterocycles. The number of para-hydroxylation sites is 2. The topological polar surface area (TPSA) is 108 Å². The van der Waals surface area contributed by atoms with Crippen molar-refractivity contribution in [3.05, 3.63) is 48.5 Å². The van der Waals surface area contributed by atoms with Crippen molar-refractivity contribution in [2.24, 2.45) is 0 Å². The highest BCUT2D eigenvalue weighted by Crippen LogP contribution is 2.36. The number of benzene rings is 2. The van der Waals surface area contributed by atoms with E-state index in [1.54, 1.807) is 41.9 Å². The molecule has 1 heterocycles. The van der Waals surface area contributed by atoms with Crippen LogP contribution in [0.3, 0.4) is 0 Å². The van der Waals surface area contributed by atoms with E-state index in [1.165, 1.54) is 12.1 Å². The van der Waals surface area contributed by atoms with Gasteiger partial charge in [0, 0.05) is 6.54 Å². The zero-order valence-electron chi connectivity index (χ0n) is 15.8. The molecule has 2 aromatic rings. The molecule has 9 heteroatoms. The Labute approximate surface area is 164 Å². The minimum absolute atomic E-state index is 0.0150. The third kappa shape index (κ3) is 3.90. The number of hydroxylamine groups is 1. The first kappa shape index (κ1) is 20.0. The van der Waals surface area contributed by atoms with E-state index in [-0.39, 0.29) is 11.4 Å². The first-order valence-electron chi connectivity index (χ1n) is 8.74. The second kappa shape index (κ2) is 7.33. The van der Waals surface area contributed by atoms with E-state index in [1.807, 2.05) is 20.8 Å². The Morgan fingerprint density at radius 2 is 1.82 bits per heavy atom. The van der Waals surface area contributed by atoms with Crippen LogP contribution in [0.4, 0.5) is 11.4 Å². The summed E-state index contributed by atoms with van der Waals surface area (Å²) < 4.78 is 33.5. The summed E-state index contributed by atoms with van der Waals surface area (Å²) >= 11 is 0. The molecule has 0 saturated heterocycles. The van der Waals surface area contributed by atoms with Crippen LogP contribution >= 0.6 is 0 Å². The maximum atomic E-state index is 13.4. The van der Waals surface area contributed by atoms with Gasteiger partial charge in [0.05, 0.1) is 16.3 Å². The quantitative estimate of drug-likeness (QED) is 0.532. The van der Waals surface area contributed by atoms with E-state index in [4.69, 9.17) is 9.94 Å². The van der Waals surface area contributed by atoms with Crippen molar-refractivity contribution in [1.29, 1.82) is 0 Å². The van der Waals surface area contributed by atoms with E-state index >= 15 is 0 Å². The normalized spacial score (nSPS) is 16.7. The van der Waals surface area contributed by atoms with E-state index < -0.39 is 27.6 Å². The largest absolute Gasteiger partial charge is 0.488 e. The zero-order chi connectivity index (χ0) is 20.5. The van der Waals surface area contributed by atoms with Gasteiger partial charge >= 0.3 is 0 Å². The molecule has 3 N–H and O–H groups in total. The molecule has 0 aliphatic carbocycles. The summed E-state index contributed by atoms with van der Waals surface area (Å²) in [6.07, 6.45) is 0. The highest BCUT2D eigenvalue weighted by atomic mass is 32.2. The Morgan fingerprint density at radius 1 is 1.18 bits per heavy atom. The third-order valence-electron chi connectivity index (χ3n) is 4.13. The standard InChI is InChI=1S/C19H23N3O5S/c1-19(2,3)27-13-8-10-14(11-9-13)28(25,26)22-16-7-5-4-6-15(16)20-12-17(22)18(23)21-24/h4-11,17,20,24H,12H2,1-3H3,(H,21,23). The van der Waals surface area contributed by atoms with E-state index in [2.05, 4.69) is 5.32 Å². The lowest BCUT2D eigenvalue weighted by Gasteiger charge is -2.36. The van der Waals surface area contributed by atoms with E-state index in [0.717, 1.165) is 4.31 Å². The molecule has 0 saturated carbocycles. The predicted octanol–water partition coefficient (Wildman–Crippen LogP) is 2.36. The van der Waals surface area contributed by atoms with Gasteiger partial charge in [-0.25, -0.2) is 18.2 Å². The molecule has 28 heavy (non-hydrogen) atoms. The number of ether oxygens (including phenoxy) is 1. The fourth-order valence-corrected chi connectivity index (χ4v) is 4.62. The van der Waals surface area contributed by atoms with Gasteiger partial charge in [0.15, 0.2) is 0 Å². The van der Waals surface area contributed by atoms with Crippen LogP contribution in [0.2, 0.25) is 0 Å². The molecule has 8 nitrogen and oxygen atoms in total. The number of nitrogens with zero attached hydrogens (tertiary/aromatic N) is 1. The minimum atomic E-state index is -4.07. The van der Waals surface area contributed by atoms with Gasteiger partial charge in [-0.05, 0) is 57.2 Å². The summed E-state index contributed by atoms with van der Waals surface area (Å²) in [7, 11) is -4.07. The zero-order valence-corrected chi connectivity index (χ0v) is 16.7. The number of carbonyl (C=O) groups is 1. The van der Waals surface area contributed by atoms with Crippen LogP contribution in [0.1, 0.15) is 20.8 Å². The van der Waals surface area contributed by atoms with E-state index in [9.17, 15) is 13.2 Å². The average Bonchev–Trinajstić information content (AvgIpc) is 2.65. The molecule has 0 bridgehead atoms. The van der Waals surface area contributed by atoms with Crippen LogP contribution in [0.5, 0.6) is 5.75 Å². The number of amides is 1. The molecule has 3 rings (SSSR count). The first-order chi connectivity index (χ1) is 13.1. The molecule has 1 aliphatic rings. The summed E-state index contributed by atoms with van der Waals surface area (Å²) in [5, 5.41) is 12.1. The van der Waals surface area contributed by atoms with Crippen molar-refractivity contribution >= 4 is 27.3 Å². The lowest BCUT2D eigenvalue weighted by atomic mass is 10.1. The number of fused-ring (bicyclic) bond motifs is 1.